The molecule has 0 spiro atoms. The molecule has 0 aliphatic carbocycles. The van der Waals surface area contributed by atoms with E-state index in [4.69, 9.17) is 0 Å². The molecule has 0 aromatic carbocycles. The number of pyridine rings is 1. The predicted octanol–water partition coefficient (Wildman–Crippen LogP) is 2.35. The molecular weight excluding hydrogens is 208 g/mol. The van der Waals surface area contributed by atoms with Crippen LogP contribution in [-0.2, 0) is 0 Å². The number of hydrogen-bond donors (Lipinski definition) is 1. The Morgan fingerprint density at radius 3 is 2.88 bits per heavy atom. The van der Waals surface area contributed by atoms with Crippen molar-refractivity contribution < 1.29 is 4.92 Å². The van der Waals surface area contributed by atoms with E-state index in [1.807, 2.05) is 19.9 Å². The van der Waals surface area contributed by atoms with Gasteiger partial charge in [0.2, 0.25) is 0 Å². The molecule has 1 aromatic rings. The van der Waals surface area contributed by atoms with E-state index in [-0.39, 0.29) is 5.69 Å². The summed E-state index contributed by atoms with van der Waals surface area (Å²) in [6, 6.07) is 2.87. The third-order valence-corrected chi connectivity index (χ3v) is 1.86. The zero-order chi connectivity index (χ0) is 12.0. The summed E-state index contributed by atoms with van der Waals surface area (Å²) in [5.74, 6) is 0.464. The van der Waals surface area contributed by atoms with Crippen LogP contribution in [0.3, 0.4) is 0 Å². The molecule has 0 amide bonds. The van der Waals surface area contributed by atoms with Crippen molar-refractivity contribution >= 4 is 17.7 Å². The number of nitro groups is 1. The summed E-state index contributed by atoms with van der Waals surface area (Å²) in [4.78, 5) is 13.7. The second kappa shape index (κ2) is 5.59. The molecule has 0 unspecified atom stereocenters. The highest BCUT2D eigenvalue weighted by molar-refractivity contribution is 5.78. The Morgan fingerprint density at radius 1 is 1.62 bits per heavy atom. The Hall–Kier alpha value is -2.24. The summed E-state index contributed by atoms with van der Waals surface area (Å²) in [5.41, 5.74) is 3.64. The first-order valence-electron chi connectivity index (χ1n) is 4.66. The molecule has 16 heavy (non-hydrogen) atoms. The number of nitrogens with one attached hydrogen (secondary N) is 1. The molecule has 0 bridgehead atoms. The molecule has 1 aromatic heterocycles. The Balaban J connectivity index is 2.63. The van der Waals surface area contributed by atoms with E-state index >= 15 is 0 Å². The maximum absolute atomic E-state index is 10.4. The van der Waals surface area contributed by atoms with Gasteiger partial charge >= 0.3 is 0 Å². The zero-order valence-electron chi connectivity index (χ0n) is 9.04. The van der Waals surface area contributed by atoms with E-state index in [0.717, 1.165) is 5.57 Å². The minimum Gasteiger partial charge on any atom is -0.261 e. The number of nitrogens with zero attached hydrogens (tertiary/aromatic N) is 3. The van der Waals surface area contributed by atoms with Crippen LogP contribution >= 0.6 is 0 Å². The van der Waals surface area contributed by atoms with Gasteiger partial charge in [0.15, 0.2) is 0 Å². The summed E-state index contributed by atoms with van der Waals surface area (Å²) in [6.07, 6.45) is 4.73. The number of hydrogen-bond acceptors (Lipinski definition) is 5. The Morgan fingerprint density at radius 2 is 2.38 bits per heavy atom. The third-order valence-electron chi connectivity index (χ3n) is 1.86. The van der Waals surface area contributed by atoms with Crippen LogP contribution in [0.25, 0.3) is 0 Å². The molecule has 0 radical (unpaired) electrons. The summed E-state index contributed by atoms with van der Waals surface area (Å²) in [7, 11) is 0. The second-order valence-electron chi connectivity index (χ2n) is 3.06. The molecule has 1 heterocycles. The molecule has 84 valence electrons. The summed E-state index contributed by atoms with van der Waals surface area (Å²) in [5, 5.41) is 14.3. The molecule has 0 atom stereocenters. The van der Waals surface area contributed by atoms with E-state index in [9.17, 15) is 10.1 Å². The molecule has 1 N–H and O–H groups in total. The zero-order valence-corrected chi connectivity index (χ0v) is 9.04. The molecule has 0 fully saturated rings. The van der Waals surface area contributed by atoms with Crippen molar-refractivity contribution in [2.45, 2.75) is 13.8 Å². The van der Waals surface area contributed by atoms with Crippen molar-refractivity contribution in [3.8, 4) is 0 Å². The normalized spacial score (nSPS) is 11.8. The molecule has 0 aliphatic heterocycles. The van der Waals surface area contributed by atoms with Crippen LogP contribution in [0, 0.1) is 10.1 Å². The molecule has 0 aliphatic rings. The molecule has 6 nitrogen and oxygen atoms in total. The van der Waals surface area contributed by atoms with E-state index in [2.05, 4.69) is 15.5 Å². The van der Waals surface area contributed by atoms with E-state index in [1.54, 1.807) is 6.21 Å². The first-order chi connectivity index (χ1) is 7.63. The number of anilines is 1. The number of hydrazone groups is 1. The molecular formula is C10H12N4O2. The van der Waals surface area contributed by atoms with Gasteiger partial charge in [0.25, 0.3) is 5.69 Å². The van der Waals surface area contributed by atoms with Crippen LogP contribution in [0.5, 0.6) is 0 Å². The second-order valence-corrected chi connectivity index (χ2v) is 3.06. The lowest BCUT2D eigenvalue weighted by atomic mass is 10.3. The van der Waals surface area contributed by atoms with Gasteiger partial charge in [-0.2, -0.15) is 5.10 Å². The Bertz CT molecular complexity index is 423. The van der Waals surface area contributed by atoms with Crippen LogP contribution in [0.1, 0.15) is 13.8 Å². The van der Waals surface area contributed by atoms with Gasteiger partial charge in [-0.25, -0.2) is 4.98 Å². The molecule has 1 rings (SSSR count). The van der Waals surface area contributed by atoms with Gasteiger partial charge in [-0.05, 0) is 25.5 Å². The van der Waals surface area contributed by atoms with Crippen LogP contribution in [0.15, 0.2) is 35.1 Å². The lowest BCUT2D eigenvalue weighted by Crippen LogP contribution is -1.94. The van der Waals surface area contributed by atoms with Gasteiger partial charge in [0, 0.05) is 12.3 Å². The third kappa shape index (κ3) is 3.49. The number of aromatic nitrogens is 1. The van der Waals surface area contributed by atoms with Gasteiger partial charge in [0.05, 0.1) is 4.92 Å². The van der Waals surface area contributed by atoms with Crippen molar-refractivity contribution in [3.63, 3.8) is 0 Å². The predicted molar refractivity (Wildman–Crippen MR) is 62.4 cm³/mol. The van der Waals surface area contributed by atoms with Crippen molar-refractivity contribution in [1.82, 2.24) is 4.98 Å². The maximum atomic E-state index is 10.4. The summed E-state index contributed by atoms with van der Waals surface area (Å²) < 4.78 is 0. The average molecular weight is 220 g/mol. The number of allylic oxidation sites excluding steroid dienone is 2. The lowest BCUT2D eigenvalue weighted by Gasteiger charge is -1.97. The first kappa shape index (κ1) is 11.8. The molecule has 6 heteroatoms. The minimum atomic E-state index is -0.496. The van der Waals surface area contributed by atoms with E-state index < -0.39 is 4.92 Å². The summed E-state index contributed by atoms with van der Waals surface area (Å²) >= 11 is 0. The Labute approximate surface area is 92.9 Å². The monoisotopic (exact) mass is 220 g/mol. The van der Waals surface area contributed by atoms with E-state index in [0.29, 0.717) is 5.82 Å². The van der Waals surface area contributed by atoms with Gasteiger partial charge < -0.3 is 0 Å². The fourth-order valence-corrected chi connectivity index (χ4v) is 0.835. The lowest BCUT2D eigenvalue weighted by molar-refractivity contribution is -0.385. The van der Waals surface area contributed by atoms with Crippen molar-refractivity contribution in [2.75, 3.05) is 5.43 Å². The fourth-order valence-electron chi connectivity index (χ4n) is 0.835. The quantitative estimate of drug-likeness (QED) is 0.479. The van der Waals surface area contributed by atoms with Crippen molar-refractivity contribution in [1.29, 1.82) is 0 Å². The molecule has 0 saturated carbocycles. The maximum Gasteiger partial charge on any atom is 0.287 e. The fraction of sp³-hybridized carbons (Fsp3) is 0.200. The van der Waals surface area contributed by atoms with Gasteiger partial charge in [-0.1, -0.05) is 6.08 Å². The van der Waals surface area contributed by atoms with Gasteiger partial charge in [-0.3, -0.25) is 15.5 Å². The Kier molecular flexibility index (Phi) is 4.14. The first-order valence-corrected chi connectivity index (χ1v) is 4.66. The van der Waals surface area contributed by atoms with Crippen LogP contribution < -0.4 is 5.43 Å². The van der Waals surface area contributed by atoms with Crippen LogP contribution in [0.4, 0.5) is 11.5 Å². The summed E-state index contributed by atoms with van der Waals surface area (Å²) in [6.45, 7) is 3.82. The molecule has 0 saturated heterocycles. The standard InChI is InChI=1S/C10H12N4O2/c1-3-8(2)6-12-13-10-5-4-9(7-11-10)14(15)16/h3-7H,1-2H3,(H,11,13)/b8-3-,12-6+. The van der Waals surface area contributed by atoms with Crippen LogP contribution in [-0.4, -0.2) is 16.1 Å². The highest BCUT2D eigenvalue weighted by atomic mass is 16.6. The smallest absolute Gasteiger partial charge is 0.261 e. The topological polar surface area (TPSA) is 80.4 Å². The largest absolute Gasteiger partial charge is 0.287 e. The van der Waals surface area contributed by atoms with Gasteiger partial charge in [0.1, 0.15) is 12.0 Å². The van der Waals surface area contributed by atoms with Crippen molar-refractivity contribution in [2.24, 2.45) is 5.10 Å². The minimum absolute atomic E-state index is 0.0424. The van der Waals surface area contributed by atoms with Crippen molar-refractivity contribution in [3.05, 3.63) is 40.1 Å². The average Bonchev–Trinajstić information content (AvgIpc) is 2.29. The number of rotatable bonds is 4. The van der Waals surface area contributed by atoms with Gasteiger partial charge in [-0.15, -0.1) is 0 Å². The van der Waals surface area contributed by atoms with E-state index in [1.165, 1.54) is 18.3 Å². The highest BCUT2D eigenvalue weighted by Crippen LogP contribution is 2.11. The van der Waals surface area contributed by atoms with Crippen LogP contribution in [0.2, 0.25) is 0 Å². The SMILES string of the molecule is C/C=C(C)\C=N\Nc1ccc([N+](=O)[O-])cn1. The highest BCUT2D eigenvalue weighted by Gasteiger charge is 2.03.